The van der Waals surface area contributed by atoms with Gasteiger partial charge in [-0.25, -0.2) is 14.0 Å². The van der Waals surface area contributed by atoms with Crippen LogP contribution in [0.1, 0.15) is 17.2 Å². The van der Waals surface area contributed by atoms with Crippen LogP contribution in [0.15, 0.2) is 58.3 Å². The van der Waals surface area contributed by atoms with Crippen LogP contribution < -0.4 is 4.74 Å². The highest BCUT2D eigenvalue weighted by Gasteiger charge is 2.30. The molecule has 0 bridgehead atoms. The molecule has 1 unspecified atom stereocenters. The number of halogens is 1. The highest BCUT2D eigenvalue weighted by molar-refractivity contribution is 7.99. The van der Waals surface area contributed by atoms with Crippen LogP contribution in [0.25, 0.3) is 0 Å². The standard InChI is InChI=1S/C20H23FN2OS.C4H4O4/c1-22-7-9-23(10-8-22)18-11-14-3-4-15(21)12-20(14)25-19-6-5-16(24-2)13-17(18)19;5-3(6)1-2-4(7)8/h3-6,12-13,18H,7-11H2,1-2H3;1-2H,(H,5,6)(H,7,8)/b;2-1-. The van der Waals surface area contributed by atoms with Crippen molar-refractivity contribution in [1.29, 1.82) is 0 Å². The molecule has 2 aromatic rings. The fourth-order valence-corrected chi connectivity index (χ4v) is 4.98. The number of likely N-dealkylation sites (N-methyl/N-ethyl adjacent to an activating group) is 1. The van der Waals surface area contributed by atoms with E-state index in [4.69, 9.17) is 14.9 Å². The lowest BCUT2D eigenvalue weighted by atomic mass is 9.96. The first-order valence-corrected chi connectivity index (χ1v) is 11.3. The lowest BCUT2D eigenvalue weighted by molar-refractivity contribution is -0.134. The monoisotopic (exact) mass is 474 g/mol. The van der Waals surface area contributed by atoms with Gasteiger partial charge in [0.2, 0.25) is 0 Å². The molecule has 9 heteroatoms. The third kappa shape index (κ3) is 6.80. The number of rotatable bonds is 4. The zero-order valence-corrected chi connectivity index (χ0v) is 19.3. The summed E-state index contributed by atoms with van der Waals surface area (Å²) in [4.78, 5) is 26.3. The number of nitrogens with zero attached hydrogens (tertiary/aromatic N) is 2. The van der Waals surface area contributed by atoms with E-state index in [1.807, 2.05) is 12.1 Å². The molecule has 2 aromatic carbocycles. The second-order valence-electron chi connectivity index (χ2n) is 7.83. The van der Waals surface area contributed by atoms with E-state index >= 15 is 0 Å². The lowest BCUT2D eigenvalue weighted by Crippen LogP contribution is -2.46. The van der Waals surface area contributed by atoms with E-state index in [-0.39, 0.29) is 5.82 Å². The normalized spacial score (nSPS) is 18.5. The summed E-state index contributed by atoms with van der Waals surface area (Å²) in [5, 5.41) is 15.6. The maximum absolute atomic E-state index is 13.8. The van der Waals surface area contributed by atoms with Gasteiger partial charge in [0.15, 0.2) is 0 Å². The minimum Gasteiger partial charge on any atom is -0.497 e. The first kappa shape index (κ1) is 24.8. The number of carbonyl (C=O) groups is 2. The number of hydrogen-bond acceptors (Lipinski definition) is 6. The molecule has 1 fully saturated rings. The van der Waals surface area contributed by atoms with Gasteiger partial charge < -0.3 is 19.8 Å². The van der Waals surface area contributed by atoms with E-state index in [1.165, 1.54) is 16.0 Å². The summed E-state index contributed by atoms with van der Waals surface area (Å²) < 4.78 is 19.2. The summed E-state index contributed by atoms with van der Waals surface area (Å²) in [6, 6.07) is 11.8. The van der Waals surface area contributed by atoms with Gasteiger partial charge in [-0.05, 0) is 54.9 Å². The number of carboxylic acids is 2. The van der Waals surface area contributed by atoms with E-state index in [9.17, 15) is 14.0 Å². The van der Waals surface area contributed by atoms with E-state index < -0.39 is 11.9 Å². The third-order valence-corrected chi connectivity index (χ3v) is 6.78. The van der Waals surface area contributed by atoms with Crippen LogP contribution in [-0.2, 0) is 16.0 Å². The fourth-order valence-electron chi connectivity index (χ4n) is 3.84. The Morgan fingerprint density at radius 3 is 2.30 bits per heavy atom. The van der Waals surface area contributed by atoms with Crippen LogP contribution in [0.3, 0.4) is 0 Å². The van der Waals surface area contributed by atoms with Crippen molar-refractivity contribution in [3.8, 4) is 5.75 Å². The average molecular weight is 475 g/mol. The van der Waals surface area contributed by atoms with Gasteiger partial charge in [-0.15, -0.1) is 0 Å². The number of fused-ring (bicyclic) bond motifs is 2. The van der Waals surface area contributed by atoms with Gasteiger partial charge >= 0.3 is 11.9 Å². The van der Waals surface area contributed by atoms with Gasteiger partial charge in [-0.3, -0.25) is 4.90 Å². The summed E-state index contributed by atoms with van der Waals surface area (Å²) in [6.45, 7) is 4.27. The second kappa shape index (κ2) is 11.3. The van der Waals surface area contributed by atoms with Crippen LogP contribution in [-0.4, -0.2) is 72.3 Å². The molecule has 2 N–H and O–H groups in total. The summed E-state index contributed by atoms with van der Waals surface area (Å²) >= 11 is 1.67. The molecular formula is C24H27FN2O5S. The number of methoxy groups -OCH3 is 1. The van der Waals surface area contributed by atoms with Gasteiger partial charge in [-0.2, -0.15) is 0 Å². The first-order chi connectivity index (χ1) is 15.8. The van der Waals surface area contributed by atoms with Crippen LogP contribution >= 0.6 is 11.8 Å². The van der Waals surface area contributed by atoms with Crippen molar-refractivity contribution >= 4 is 23.7 Å². The Bertz CT molecular complexity index is 1020. The van der Waals surface area contributed by atoms with E-state index in [2.05, 4.69) is 29.0 Å². The molecule has 33 heavy (non-hydrogen) atoms. The van der Waals surface area contributed by atoms with E-state index in [0.29, 0.717) is 18.2 Å². The van der Waals surface area contributed by atoms with Crippen molar-refractivity contribution in [2.45, 2.75) is 22.3 Å². The Hall–Kier alpha value is -2.88. The van der Waals surface area contributed by atoms with Crippen molar-refractivity contribution in [2.75, 3.05) is 40.3 Å². The number of carboxylic acid groups (broad SMARTS) is 2. The van der Waals surface area contributed by atoms with Crippen LogP contribution in [0.4, 0.5) is 4.39 Å². The largest absolute Gasteiger partial charge is 0.497 e. The van der Waals surface area contributed by atoms with Gasteiger partial charge in [0.25, 0.3) is 0 Å². The molecule has 1 saturated heterocycles. The zero-order chi connectivity index (χ0) is 24.0. The minimum absolute atomic E-state index is 0.167. The third-order valence-electron chi connectivity index (χ3n) is 5.59. The predicted octanol–water partition coefficient (Wildman–Crippen LogP) is 3.54. The first-order valence-electron chi connectivity index (χ1n) is 10.5. The fraction of sp³-hybridized carbons (Fsp3) is 0.333. The molecule has 0 saturated carbocycles. The predicted molar refractivity (Wildman–Crippen MR) is 123 cm³/mol. The van der Waals surface area contributed by atoms with Crippen molar-refractivity contribution in [3.63, 3.8) is 0 Å². The topological polar surface area (TPSA) is 90.3 Å². The molecule has 0 amide bonds. The molecular weight excluding hydrogens is 447 g/mol. The molecule has 7 nitrogen and oxygen atoms in total. The number of aliphatic carboxylic acids is 2. The van der Waals surface area contributed by atoms with Gasteiger partial charge in [0.1, 0.15) is 11.6 Å². The van der Waals surface area contributed by atoms with Gasteiger partial charge in [-0.1, -0.05) is 17.8 Å². The maximum atomic E-state index is 13.8. The van der Waals surface area contributed by atoms with E-state index in [0.717, 1.165) is 43.2 Å². The summed E-state index contributed by atoms with van der Waals surface area (Å²) in [7, 11) is 3.88. The lowest BCUT2D eigenvalue weighted by Gasteiger charge is -2.38. The van der Waals surface area contributed by atoms with Gasteiger partial charge in [0.05, 0.1) is 7.11 Å². The minimum atomic E-state index is -1.26. The van der Waals surface area contributed by atoms with Crippen molar-refractivity contribution in [1.82, 2.24) is 9.80 Å². The van der Waals surface area contributed by atoms with Crippen molar-refractivity contribution in [3.05, 3.63) is 65.5 Å². The van der Waals surface area contributed by atoms with E-state index in [1.54, 1.807) is 31.0 Å². The summed E-state index contributed by atoms with van der Waals surface area (Å²) in [5.41, 5.74) is 2.52. The number of piperazine rings is 1. The molecule has 0 radical (unpaired) electrons. The Morgan fingerprint density at radius 1 is 1.03 bits per heavy atom. The molecule has 2 aliphatic rings. The zero-order valence-electron chi connectivity index (χ0n) is 18.5. The Morgan fingerprint density at radius 2 is 1.70 bits per heavy atom. The maximum Gasteiger partial charge on any atom is 0.328 e. The quantitative estimate of drug-likeness (QED) is 0.651. The number of ether oxygens (including phenoxy) is 1. The highest BCUT2D eigenvalue weighted by atomic mass is 32.2. The Labute approximate surface area is 196 Å². The second-order valence-corrected chi connectivity index (χ2v) is 8.91. The molecule has 2 aliphatic heterocycles. The van der Waals surface area contributed by atoms with Crippen LogP contribution in [0.5, 0.6) is 5.75 Å². The number of benzene rings is 2. The summed E-state index contributed by atoms with van der Waals surface area (Å²) in [6.07, 6.45) is 2.02. The Balaban J connectivity index is 0.000000331. The van der Waals surface area contributed by atoms with Crippen molar-refractivity contribution in [2.24, 2.45) is 0 Å². The molecule has 2 heterocycles. The molecule has 4 rings (SSSR count). The summed E-state index contributed by atoms with van der Waals surface area (Å²) in [5.74, 6) is -1.80. The van der Waals surface area contributed by atoms with Crippen molar-refractivity contribution < 1.29 is 28.9 Å². The highest BCUT2D eigenvalue weighted by Crippen LogP contribution is 2.44. The smallest absolute Gasteiger partial charge is 0.328 e. The Kier molecular flexibility index (Phi) is 8.49. The molecule has 0 spiro atoms. The molecule has 0 aliphatic carbocycles. The SMILES string of the molecule is COc1ccc2c(c1)C(N1CCN(C)CC1)Cc1ccc(F)cc1S2.O=C(O)/C=C\C(=O)O. The van der Waals surface area contributed by atoms with Crippen LogP contribution in [0, 0.1) is 5.82 Å². The molecule has 0 aromatic heterocycles. The average Bonchev–Trinajstić information content (AvgIpc) is 2.94. The molecule has 176 valence electrons. The molecule has 1 atom stereocenters. The van der Waals surface area contributed by atoms with Gasteiger partial charge in [0, 0.05) is 54.2 Å². The number of hydrogen-bond donors (Lipinski definition) is 2. The van der Waals surface area contributed by atoms with Crippen LogP contribution in [0.2, 0.25) is 0 Å².